The maximum Gasteiger partial charge on any atom is 0.387 e. The first-order valence-corrected chi connectivity index (χ1v) is 6.06. The van der Waals surface area contributed by atoms with Gasteiger partial charge >= 0.3 is 6.61 Å². The predicted molar refractivity (Wildman–Crippen MR) is 67.9 cm³/mol. The standard InChI is InChI=1S/C13H20F2N2O/c1-10(2)17-8-7-16-9-11-3-5-12(6-4-11)18-13(14)15/h3-6,10,13,16-17H,7-9H2,1-2H3. The molecule has 1 rings (SSSR count). The van der Waals surface area contributed by atoms with Crippen LogP contribution in [0.1, 0.15) is 19.4 Å². The number of alkyl halides is 2. The molecular weight excluding hydrogens is 238 g/mol. The highest BCUT2D eigenvalue weighted by atomic mass is 19.3. The molecule has 0 bridgehead atoms. The van der Waals surface area contributed by atoms with E-state index in [-0.39, 0.29) is 5.75 Å². The molecule has 102 valence electrons. The Labute approximate surface area is 107 Å². The zero-order valence-corrected chi connectivity index (χ0v) is 10.7. The highest BCUT2D eigenvalue weighted by Gasteiger charge is 2.03. The minimum atomic E-state index is -2.77. The van der Waals surface area contributed by atoms with Gasteiger partial charge in [-0.3, -0.25) is 0 Å². The molecule has 1 aromatic carbocycles. The van der Waals surface area contributed by atoms with E-state index in [1.165, 1.54) is 0 Å². The first-order chi connectivity index (χ1) is 8.58. The van der Waals surface area contributed by atoms with Crippen LogP contribution >= 0.6 is 0 Å². The van der Waals surface area contributed by atoms with Crippen molar-refractivity contribution in [2.45, 2.75) is 33.0 Å². The normalized spacial score (nSPS) is 11.2. The quantitative estimate of drug-likeness (QED) is 0.702. The Morgan fingerprint density at radius 3 is 2.33 bits per heavy atom. The number of ether oxygens (including phenoxy) is 1. The number of hydrogen-bond acceptors (Lipinski definition) is 3. The minimum Gasteiger partial charge on any atom is -0.435 e. The zero-order chi connectivity index (χ0) is 13.4. The van der Waals surface area contributed by atoms with E-state index in [1.807, 2.05) is 0 Å². The van der Waals surface area contributed by atoms with Crippen molar-refractivity contribution in [3.63, 3.8) is 0 Å². The lowest BCUT2D eigenvalue weighted by atomic mass is 10.2. The van der Waals surface area contributed by atoms with Crippen molar-refractivity contribution >= 4 is 0 Å². The molecule has 0 aliphatic heterocycles. The van der Waals surface area contributed by atoms with E-state index in [4.69, 9.17) is 0 Å². The summed E-state index contributed by atoms with van der Waals surface area (Å²) < 4.78 is 28.1. The highest BCUT2D eigenvalue weighted by molar-refractivity contribution is 5.27. The minimum absolute atomic E-state index is 0.190. The van der Waals surface area contributed by atoms with E-state index in [2.05, 4.69) is 29.2 Å². The van der Waals surface area contributed by atoms with Crippen molar-refractivity contribution in [2.75, 3.05) is 13.1 Å². The fourth-order valence-corrected chi connectivity index (χ4v) is 1.47. The summed E-state index contributed by atoms with van der Waals surface area (Å²) in [5, 5.41) is 6.56. The molecule has 5 heteroatoms. The summed E-state index contributed by atoms with van der Waals surface area (Å²) in [5.74, 6) is 0.190. The van der Waals surface area contributed by atoms with E-state index in [1.54, 1.807) is 24.3 Å². The van der Waals surface area contributed by atoms with Crippen LogP contribution in [0.3, 0.4) is 0 Å². The fraction of sp³-hybridized carbons (Fsp3) is 0.538. The summed E-state index contributed by atoms with van der Waals surface area (Å²) >= 11 is 0. The SMILES string of the molecule is CC(C)NCCNCc1ccc(OC(F)F)cc1. The molecule has 3 nitrogen and oxygen atoms in total. The molecule has 0 aliphatic rings. The van der Waals surface area contributed by atoms with Gasteiger partial charge in [0.1, 0.15) is 5.75 Å². The van der Waals surface area contributed by atoms with Crippen LogP contribution in [-0.4, -0.2) is 25.7 Å². The molecule has 0 amide bonds. The van der Waals surface area contributed by atoms with E-state index in [0.717, 1.165) is 18.7 Å². The van der Waals surface area contributed by atoms with Gasteiger partial charge in [0.2, 0.25) is 0 Å². The fourth-order valence-electron chi connectivity index (χ4n) is 1.47. The smallest absolute Gasteiger partial charge is 0.387 e. The molecule has 0 heterocycles. The molecule has 0 spiro atoms. The first-order valence-electron chi connectivity index (χ1n) is 6.06. The Bertz CT molecular complexity index is 328. The van der Waals surface area contributed by atoms with Crippen LogP contribution in [0.5, 0.6) is 5.75 Å². The Morgan fingerprint density at radius 2 is 1.78 bits per heavy atom. The zero-order valence-electron chi connectivity index (χ0n) is 10.7. The van der Waals surface area contributed by atoms with Gasteiger partial charge in [-0.05, 0) is 17.7 Å². The molecule has 2 N–H and O–H groups in total. The maximum atomic E-state index is 11.9. The molecule has 18 heavy (non-hydrogen) atoms. The number of benzene rings is 1. The molecule has 0 fully saturated rings. The van der Waals surface area contributed by atoms with Crippen molar-refractivity contribution in [1.82, 2.24) is 10.6 Å². The van der Waals surface area contributed by atoms with Crippen molar-refractivity contribution in [3.8, 4) is 5.75 Å². The number of rotatable bonds is 8. The second kappa shape index (κ2) is 8.00. The number of nitrogens with one attached hydrogen (secondary N) is 2. The monoisotopic (exact) mass is 258 g/mol. The average Bonchev–Trinajstić information content (AvgIpc) is 2.30. The molecule has 0 saturated heterocycles. The Hall–Kier alpha value is -1.20. The van der Waals surface area contributed by atoms with Crippen LogP contribution in [0.25, 0.3) is 0 Å². The molecule has 0 unspecified atom stereocenters. The van der Waals surface area contributed by atoms with Gasteiger partial charge in [-0.2, -0.15) is 8.78 Å². The number of halogens is 2. The molecule has 0 aliphatic carbocycles. The summed E-state index contributed by atoms with van der Waals surface area (Å²) in [7, 11) is 0. The van der Waals surface area contributed by atoms with Crippen molar-refractivity contribution < 1.29 is 13.5 Å². The van der Waals surface area contributed by atoms with Crippen LogP contribution in [0, 0.1) is 0 Å². The van der Waals surface area contributed by atoms with Crippen LogP contribution in [0.2, 0.25) is 0 Å². The van der Waals surface area contributed by atoms with Crippen LogP contribution < -0.4 is 15.4 Å². The second-order valence-corrected chi connectivity index (χ2v) is 4.31. The summed E-state index contributed by atoms with van der Waals surface area (Å²) in [5.41, 5.74) is 1.04. The largest absolute Gasteiger partial charge is 0.435 e. The summed E-state index contributed by atoms with van der Waals surface area (Å²) in [4.78, 5) is 0. The molecule has 0 radical (unpaired) electrons. The molecule has 0 aromatic heterocycles. The van der Waals surface area contributed by atoms with Crippen LogP contribution in [0.4, 0.5) is 8.78 Å². The third-order valence-electron chi connectivity index (χ3n) is 2.33. The molecule has 0 saturated carbocycles. The van der Waals surface area contributed by atoms with Gasteiger partial charge in [0.25, 0.3) is 0 Å². The highest BCUT2D eigenvalue weighted by Crippen LogP contribution is 2.14. The average molecular weight is 258 g/mol. The maximum absolute atomic E-state index is 11.9. The van der Waals surface area contributed by atoms with Crippen LogP contribution in [-0.2, 0) is 6.54 Å². The summed E-state index contributed by atoms with van der Waals surface area (Å²) in [6, 6.07) is 7.14. The van der Waals surface area contributed by atoms with E-state index in [9.17, 15) is 8.78 Å². The van der Waals surface area contributed by atoms with Crippen molar-refractivity contribution in [2.24, 2.45) is 0 Å². The Kier molecular flexibility index (Phi) is 6.60. The molecular formula is C13H20F2N2O. The predicted octanol–water partition coefficient (Wildman–Crippen LogP) is 2.38. The van der Waals surface area contributed by atoms with Gasteiger partial charge in [-0.1, -0.05) is 26.0 Å². The molecule has 1 aromatic rings. The lowest BCUT2D eigenvalue weighted by Crippen LogP contribution is -2.31. The van der Waals surface area contributed by atoms with Gasteiger partial charge in [-0.25, -0.2) is 0 Å². The van der Waals surface area contributed by atoms with Gasteiger partial charge in [0, 0.05) is 25.7 Å². The topological polar surface area (TPSA) is 33.3 Å². The first kappa shape index (κ1) is 14.9. The number of hydrogen-bond donors (Lipinski definition) is 2. The summed E-state index contributed by atoms with van der Waals surface area (Å²) in [6.45, 7) is 3.92. The van der Waals surface area contributed by atoms with E-state index < -0.39 is 6.61 Å². The van der Waals surface area contributed by atoms with Crippen LogP contribution in [0.15, 0.2) is 24.3 Å². The van der Waals surface area contributed by atoms with Gasteiger partial charge in [0.05, 0.1) is 0 Å². The van der Waals surface area contributed by atoms with Crippen molar-refractivity contribution in [1.29, 1.82) is 0 Å². The summed E-state index contributed by atoms with van der Waals surface area (Å²) in [6.07, 6.45) is 0. The van der Waals surface area contributed by atoms with Gasteiger partial charge in [-0.15, -0.1) is 0 Å². The van der Waals surface area contributed by atoms with Gasteiger partial charge in [0.15, 0.2) is 0 Å². The van der Waals surface area contributed by atoms with Gasteiger partial charge < -0.3 is 15.4 Å². The van der Waals surface area contributed by atoms with Crippen molar-refractivity contribution in [3.05, 3.63) is 29.8 Å². The Morgan fingerprint density at radius 1 is 1.11 bits per heavy atom. The lowest BCUT2D eigenvalue weighted by molar-refractivity contribution is -0.0498. The van der Waals surface area contributed by atoms with E-state index in [0.29, 0.717) is 12.6 Å². The lowest BCUT2D eigenvalue weighted by Gasteiger charge is -2.09. The third-order valence-corrected chi connectivity index (χ3v) is 2.33. The third kappa shape index (κ3) is 6.51. The molecule has 0 atom stereocenters. The second-order valence-electron chi connectivity index (χ2n) is 4.31. The van der Waals surface area contributed by atoms with E-state index >= 15 is 0 Å². The Balaban J connectivity index is 2.22.